The van der Waals surface area contributed by atoms with Crippen LogP contribution in [0.4, 0.5) is 5.69 Å². The molecule has 0 aliphatic heterocycles. The summed E-state index contributed by atoms with van der Waals surface area (Å²) in [5.41, 5.74) is 4.12. The van der Waals surface area contributed by atoms with Gasteiger partial charge in [0.15, 0.2) is 5.65 Å². The summed E-state index contributed by atoms with van der Waals surface area (Å²) in [7, 11) is 2.99. The first-order valence-corrected chi connectivity index (χ1v) is 13.7. The molecule has 38 heavy (non-hydrogen) atoms. The highest BCUT2D eigenvalue weighted by Crippen LogP contribution is 2.40. The zero-order valence-electron chi connectivity index (χ0n) is 21.9. The van der Waals surface area contributed by atoms with Gasteiger partial charge in [-0.2, -0.15) is 5.10 Å². The summed E-state index contributed by atoms with van der Waals surface area (Å²) in [5, 5.41) is 4.60. The molecule has 0 saturated heterocycles. The molecule has 1 fully saturated rings. The van der Waals surface area contributed by atoms with Crippen molar-refractivity contribution in [1.82, 2.24) is 14.6 Å². The van der Waals surface area contributed by atoms with Gasteiger partial charge in [-0.05, 0) is 49.3 Å². The van der Waals surface area contributed by atoms with Crippen LogP contribution in [0.5, 0.6) is 0 Å². The van der Waals surface area contributed by atoms with Crippen LogP contribution >= 0.6 is 11.3 Å². The normalized spacial score (nSPS) is 17.4. The Morgan fingerprint density at radius 3 is 2.50 bits per heavy atom. The standard InChI is InChI=1S/C29H32N4O4S/c1-19-5-7-22(8-6-19)28(34)32(15-16-36-2)24-18-25(38-27(24)29(35)37-3)21-11-9-20(10-12-21)23-17-26-30-13-4-14-33(26)31-23/h4,9-14,17-19,22H,5-8,15-16H2,1-3H3/t19-,22-. The number of hydrogen-bond acceptors (Lipinski definition) is 7. The van der Waals surface area contributed by atoms with Gasteiger partial charge in [0.25, 0.3) is 0 Å². The molecule has 1 aromatic carbocycles. The van der Waals surface area contributed by atoms with Crippen molar-refractivity contribution in [2.24, 2.45) is 11.8 Å². The molecule has 3 heterocycles. The Hall–Kier alpha value is -3.56. The number of amides is 1. The van der Waals surface area contributed by atoms with Crippen LogP contribution in [0.25, 0.3) is 27.3 Å². The van der Waals surface area contributed by atoms with E-state index in [9.17, 15) is 9.59 Å². The van der Waals surface area contributed by atoms with Gasteiger partial charge < -0.3 is 14.4 Å². The third kappa shape index (κ3) is 5.35. The van der Waals surface area contributed by atoms with E-state index in [1.54, 1.807) is 22.7 Å². The van der Waals surface area contributed by atoms with E-state index in [0.717, 1.165) is 53.0 Å². The number of anilines is 1. The highest BCUT2D eigenvalue weighted by atomic mass is 32.1. The maximum absolute atomic E-state index is 13.7. The van der Waals surface area contributed by atoms with Crippen molar-refractivity contribution in [3.63, 3.8) is 0 Å². The molecular weight excluding hydrogens is 500 g/mol. The third-order valence-electron chi connectivity index (χ3n) is 7.23. The lowest BCUT2D eigenvalue weighted by molar-refractivity contribution is -0.123. The first-order chi connectivity index (χ1) is 18.5. The minimum Gasteiger partial charge on any atom is -0.465 e. The van der Waals surface area contributed by atoms with E-state index in [4.69, 9.17) is 9.47 Å². The van der Waals surface area contributed by atoms with Gasteiger partial charge in [-0.15, -0.1) is 11.3 Å². The molecule has 4 aromatic rings. The molecule has 0 spiro atoms. The zero-order chi connectivity index (χ0) is 26.6. The number of nitrogens with zero attached hydrogens (tertiary/aromatic N) is 4. The van der Waals surface area contributed by atoms with E-state index >= 15 is 0 Å². The number of carbonyl (C=O) groups is 2. The van der Waals surface area contributed by atoms with Gasteiger partial charge in [-0.1, -0.05) is 31.2 Å². The molecule has 0 radical (unpaired) electrons. The van der Waals surface area contributed by atoms with Gasteiger partial charge in [0, 0.05) is 48.5 Å². The summed E-state index contributed by atoms with van der Waals surface area (Å²) in [6.07, 6.45) is 7.44. The number of ether oxygens (including phenoxy) is 2. The SMILES string of the molecule is COCCN(c1cc(-c2ccc(-c3cc4ncccn4n3)cc2)sc1C(=O)OC)C(=O)[C@H]1CC[C@H](C)CC1. The van der Waals surface area contributed by atoms with Crippen molar-refractivity contribution in [3.05, 3.63) is 59.7 Å². The Kier molecular flexibility index (Phi) is 7.85. The zero-order valence-corrected chi connectivity index (χ0v) is 22.7. The Morgan fingerprint density at radius 2 is 1.82 bits per heavy atom. The Labute approximate surface area is 226 Å². The number of rotatable bonds is 8. The summed E-state index contributed by atoms with van der Waals surface area (Å²) in [4.78, 5) is 33.9. The number of thiophene rings is 1. The van der Waals surface area contributed by atoms with Crippen molar-refractivity contribution >= 4 is 34.5 Å². The molecular formula is C29H32N4O4S. The molecule has 8 nitrogen and oxygen atoms in total. The first kappa shape index (κ1) is 26.1. The summed E-state index contributed by atoms with van der Waals surface area (Å²) in [6, 6.07) is 13.7. The largest absolute Gasteiger partial charge is 0.465 e. The maximum atomic E-state index is 13.7. The summed E-state index contributed by atoms with van der Waals surface area (Å²) >= 11 is 1.34. The second-order valence-corrected chi connectivity index (χ2v) is 10.8. The predicted molar refractivity (Wildman–Crippen MR) is 148 cm³/mol. The number of fused-ring (bicyclic) bond motifs is 1. The number of benzene rings is 1. The van der Waals surface area contributed by atoms with Gasteiger partial charge in [0.05, 0.1) is 25.1 Å². The number of hydrogen-bond donors (Lipinski definition) is 0. The molecule has 0 bridgehead atoms. The van der Waals surface area contributed by atoms with E-state index in [1.165, 1.54) is 18.4 Å². The highest BCUT2D eigenvalue weighted by Gasteiger charge is 2.32. The minimum absolute atomic E-state index is 0.0453. The molecule has 5 rings (SSSR count). The molecule has 198 valence electrons. The smallest absolute Gasteiger partial charge is 0.350 e. The van der Waals surface area contributed by atoms with Crippen LogP contribution in [-0.4, -0.2) is 53.8 Å². The molecule has 1 aliphatic carbocycles. The van der Waals surface area contributed by atoms with Gasteiger partial charge in [0.2, 0.25) is 5.91 Å². The highest BCUT2D eigenvalue weighted by molar-refractivity contribution is 7.18. The Morgan fingerprint density at radius 1 is 1.08 bits per heavy atom. The second kappa shape index (κ2) is 11.4. The number of aromatic nitrogens is 3. The number of esters is 1. The van der Waals surface area contributed by atoms with E-state index in [2.05, 4.69) is 17.0 Å². The minimum atomic E-state index is -0.447. The van der Waals surface area contributed by atoms with Gasteiger partial charge in [-0.3, -0.25) is 4.79 Å². The van der Waals surface area contributed by atoms with E-state index in [1.807, 2.05) is 48.7 Å². The molecule has 9 heteroatoms. The molecule has 1 aliphatic rings. The lowest BCUT2D eigenvalue weighted by Gasteiger charge is -2.31. The monoisotopic (exact) mass is 532 g/mol. The van der Waals surface area contributed by atoms with Gasteiger partial charge >= 0.3 is 5.97 Å². The average Bonchev–Trinajstić information content (AvgIpc) is 3.58. The topological polar surface area (TPSA) is 86.0 Å². The van der Waals surface area contributed by atoms with Crippen molar-refractivity contribution < 1.29 is 19.1 Å². The fourth-order valence-electron chi connectivity index (χ4n) is 5.00. The van der Waals surface area contributed by atoms with E-state index in [-0.39, 0.29) is 11.8 Å². The van der Waals surface area contributed by atoms with Crippen molar-refractivity contribution in [2.45, 2.75) is 32.6 Å². The fraction of sp³-hybridized carbons (Fsp3) is 0.379. The average molecular weight is 533 g/mol. The van der Waals surface area contributed by atoms with Crippen LogP contribution in [0.1, 0.15) is 42.3 Å². The Bertz CT molecular complexity index is 1390. The first-order valence-electron chi connectivity index (χ1n) is 12.9. The van der Waals surface area contributed by atoms with Gasteiger partial charge in [-0.25, -0.2) is 14.3 Å². The van der Waals surface area contributed by atoms with Crippen LogP contribution in [0.3, 0.4) is 0 Å². The summed E-state index contributed by atoms with van der Waals surface area (Å²) < 4.78 is 12.2. The maximum Gasteiger partial charge on any atom is 0.350 e. The quantitative estimate of drug-likeness (QED) is 0.270. The van der Waals surface area contributed by atoms with Crippen LogP contribution in [-0.2, 0) is 14.3 Å². The molecule has 3 aromatic heterocycles. The lowest BCUT2D eigenvalue weighted by Crippen LogP contribution is -2.40. The van der Waals surface area contributed by atoms with Crippen molar-refractivity contribution in [3.8, 4) is 21.7 Å². The van der Waals surface area contributed by atoms with E-state index in [0.29, 0.717) is 29.6 Å². The molecule has 0 N–H and O–H groups in total. The third-order valence-corrected chi connectivity index (χ3v) is 8.38. The molecule has 1 saturated carbocycles. The number of carbonyl (C=O) groups excluding carboxylic acids is 2. The summed E-state index contributed by atoms with van der Waals surface area (Å²) in [5.74, 6) is 0.206. The summed E-state index contributed by atoms with van der Waals surface area (Å²) in [6.45, 7) is 2.99. The Balaban J connectivity index is 1.47. The second-order valence-electron chi connectivity index (χ2n) is 9.79. The van der Waals surface area contributed by atoms with Crippen molar-refractivity contribution in [1.29, 1.82) is 0 Å². The van der Waals surface area contributed by atoms with Gasteiger partial charge in [0.1, 0.15) is 4.88 Å². The molecule has 0 unspecified atom stereocenters. The van der Waals surface area contributed by atoms with Crippen LogP contribution in [0.2, 0.25) is 0 Å². The van der Waals surface area contributed by atoms with Crippen molar-refractivity contribution in [2.75, 3.05) is 32.3 Å². The molecule has 0 atom stereocenters. The lowest BCUT2D eigenvalue weighted by atomic mass is 9.82. The fourth-order valence-corrected chi connectivity index (χ4v) is 6.08. The van der Waals surface area contributed by atoms with E-state index < -0.39 is 5.97 Å². The van der Waals surface area contributed by atoms with Crippen LogP contribution in [0, 0.1) is 11.8 Å². The number of methoxy groups -OCH3 is 2. The molecule has 1 amide bonds. The predicted octanol–water partition coefficient (Wildman–Crippen LogP) is 5.72. The van der Waals surface area contributed by atoms with Crippen LogP contribution < -0.4 is 4.90 Å². The van der Waals surface area contributed by atoms with Crippen LogP contribution in [0.15, 0.2) is 54.9 Å².